The molecular weight excluding hydrogens is 585 g/mol. The maximum atomic E-state index is 13.2. The number of carbonyl (C=O) groups is 3. The molecule has 0 aromatic heterocycles. The molecule has 6 rings (SSSR count). The Kier molecular flexibility index (Phi) is 9.08. The highest BCUT2D eigenvalue weighted by Crippen LogP contribution is 2.35. The monoisotopic (exact) mass is 626 g/mol. The predicted octanol–water partition coefficient (Wildman–Crippen LogP) is 5.56. The Morgan fingerprint density at radius 2 is 1.38 bits per heavy atom. The molecule has 0 aliphatic carbocycles. The van der Waals surface area contributed by atoms with E-state index in [9.17, 15) is 27.6 Å². The number of likely N-dealkylation sites (tertiary alicyclic amines) is 3. The van der Waals surface area contributed by atoms with Gasteiger partial charge in [0.1, 0.15) is 5.60 Å². The highest BCUT2D eigenvalue weighted by atomic mass is 19.4. The Hall–Kier alpha value is -3.60. The number of carbonyl (C=O) groups excluding carboxylic acids is 3. The molecule has 0 saturated carbocycles. The number of hydrogen-bond acceptors (Lipinski definition) is 5. The van der Waals surface area contributed by atoms with Crippen LogP contribution in [0.2, 0.25) is 0 Å². The summed E-state index contributed by atoms with van der Waals surface area (Å²) in [5.41, 5.74) is 1.11. The van der Waals surface area contributed by atoms with Crippen molar-refractivity contribution in [3.05, 3.63) is 70.8 Å². The Morgan fingerprint density at radius 3 is 2.00 bits per heavy atom. The molecule has 4 heterocycles. The number of rotatable bonds is 6. The van der Waals surface area contributed by atoms with E-state index in [0.29, 0.717) is 77.1 Å². The molecule has 1 spiro atoms. The van der Waals surface area contributed by atoms with Crippen molar-refractivity contribution < 1.29 is 32.3 Å². The fourth-order valence-corrected chi connectivity index (χ4v) is 7.11. The van der Waals surface area contributed by atoms with Crippen LogP contribution in [0, 0.1) is 5.92 Å². The zero-order chi connectivity index (χ0) is 31.6. The molecule has 242 valence electrons. The summed E-state index contributed by atoms with van der Waals surface area (Å²) in [7, 11) is 0. The summed E-state index contributed by atoms with van der Waals surface area (Å²) in [6, 6.07) is 12.6. The molecule has 2 aromatic rings. The van der Waals surface area contributed by atoms with Gasteiger partial charge < -0.3 is 14.5 Å². The lowest BCUT2D eigenvalue weighted by Crippen LogP contribution is -2.46. The lowest BCUT2D eigenvalue weighted by Gasteiger charge is -2.37. The first kappa shape index (κ1) is 31.4. The maximum absolute atomic E-state index is 13.2. The second-order valence-corrected chi connectivity index (χ2v) is 13.0. The van der Waals surface area contributed by atoms with E-state index in [-0.39, 0.29) is 23.8 Å². The minimum atomic E-state index is -4.35. The van der Waals surface area contributed by atoms with E-state index < -0.39 is 17.3 Å². The van der Waals surface area contributed by atoms with Crippen molar-refractivity contribution in [2.24, 2.45) is 5.92 Å². The standard InChI is InChI=1S/C34H41F3N4O4/c35-34(36,37)29-10-6-25(7-11-29)22-38-20-14-33(15-21-38)24-41(32(44)45-33)23-26-4-8-27(9-5-26)30(42)40-18-12-28(13-19-40)31(43)39-16-2-1-3-17-39/h4-11,28H,1-3,12-24H2. The van der Waals surface area contributed by atoms with Crippen molar-refractivity contribution in [3.8, 4) is 0 Å². The van der Waals surface area contributed by atoms with Gasteiger partial charge in [0.25, 0.3) is 5.91 Å². The Balaban J connectivity index is 0.960. The molecule has 0 atom stereocenters. The van der Waals surface area contributed by atoms with Crippen LogP contribution in [0.1, 0.15) is 72.0 Å². The topological polar surface area (TPSA) is 73.4 Å². The van der Waals surface area contributed by atoms with Crippen molar-refractivity contribution in [3.63, 3.8) is 0 Å². The lowest BCUT2D eigenvalue weighted by atomic mass is 9.91. The second kappa shape index (κ2) is 13.0. The van der Waals surface area contributed by atoms with Crippen LogP contribution in [0.3, 0.4) is 0 Å². The van der Waals surface area contributed by atoms with Crippen molar-refractivity contribution in [1.29, 1.82) is 0 Å². The third-order valence-electron chi connectivity index (χ3n) is 9.87. The van der Waals surface area contributed by atoms with E-state index in [1.807, 2.05) is 21.9 Å². The third kappa shape index (κ3) is 7.29. The molecule has 4 fully saturated rings. The number of ether oxygens (including phenoxy) is 1. The molecular formula is C34H41F3N4O4. The van der Waals surface area contributed by atoms with Crippen LogP contribution in [-0.2, 0) is 28.8 Å². The summed E-state index contributed by atoms with van der Waals surface area (Å²) in [5, 5.41) is 0. The summed E-state index contributed by atoms with van der Waals surface area (Å²) in [5.74, 6) is 0.217. The number of nitrogens with zero attached hydrogens (tertiary/aromatic N) is 4. The summed E-state index contributed by atoms with van der Waals surface area (Å²) in [4.78, 5) is 46.6. The Labute approximate surface area is 262 Å². The normalized spacial score (nSPS) is 21.3. The number of piperidine rings is 3. The Morgan fingerprint density at radius 1 is 0.778 bits per heavy atom. The number of alkyl halides is 3. The predicted molar refractivity (Wildman–Crippen MR) is 161 cm³/mol. The van der Waals surface area contributed by atoms with E-state index >= 15 is 0 Å². The van der Waals surface area contributed by atoms with Crippen LogP contribution in [0.15, 0.2) is 48.5 Å². The van der Waals surface area contributed by atoms with Crippen LogP contribution in [0.25, 0.3) is 0 Å². The summed E-state index contributed by atoms with van der Waals surface area (Å²) >= 11 is 0. The largest absolute Gasteiger partial charge is 0.441 e. The quantitative estimate of drug-likeness (QED) is 0.420. The minimum Gasteiger partial charge on any atom is -0.441 e. The molecule has 11 heteroatoms. The van der Waals surface area contributed by atoms with E-state index in [2.05, 4.69) is 4.90 Å². The highest BCUT2D eigenvalue weighted by Gasteiger charge is 2.47. The van der Waals surface area contributed by atoms with Gasteiger partial charge in [0.15, 0.2) is 0 Å². The van der Waals surface area contributed by atoms with Gasteiger partial charge in [-0.2, -0.15) is 13.2 Å². The summed E-state index contributed by atoms with van der Waals surface area (Å²) in [6.45, 7) is 5.64. The summed E-state index contributed by atoms with van der Waals surface area (Å²) in [6.07, 6.45) is 1.36. The fourth-order valence-electron chi connectivity index (χ4n) is 7.11. The maximum Gasteiger partial charge on any atom is 0.416 e. The smallest absolute Gasteiger partial charge is 0.416 e. The van der Waals surface area contributed by atoms with Gasteiger partial charge in [-0.05, 0) is 67.5 Å². The minimum absolute atomic E-state index is 0.00399. The van der Waals surface area contributed by atoms with E-state index in [1.54, 1.807) is 17.0 Å². The van der Waals surface area contributed by atoms with E-state index in [1.165, 1.54) is 18.6 Å². The third-order valence-corrected chi connectivity index (χ3v) is 9.87. The molecule has 0 radical (unpaired) electrons. The van der Waals surface area contributed by atoms with Crippen LogP contribution in [0.5, 0.6) is 0 Å². The fraction of sp³-hybridized carbons (Fsp3) is 0.559. The summed E-state index contributed by atoms with van der Waals surface area (Å²) < 4.78 is 44.5. The lowest BCUT2D eigenvalue weighted by molar-refractivity contribution is -0.138. The first-order valence-electron chi connectivity index (χ1n) is 16.1. The van der Waals surface area contributed by atoms with Crippen molar-refractivity contribution in [2.45, 2.75) is 69.8 Å². The van der Waals surface area contributed by atoms with Crippen molar-refractivity contribution in [1.82, 2.24) is 19.6 Å². The van der Waals surface area contributed by atoms with Gasteiger partial charge in [-0.25, -0.2) is 4.79 Å². The molecule has 0 unspecified atom stereocenters. The SMILES string of the molecule is O=C1OC2(CCN(Cc3ccc(C(F)(F)F)cc3)CC2)CN1Cc1ccc(C(=O)N2CCC(C(=O)N3CCCCC3)CC2)cc1. The number of hydrogen-bond donors (Lipinski definition) is 0. The zero-order valence-electron chi connectivity index (χ0n) is 25.6. The zero-order valence-corrected chi connectivity index (χ0v) is 25.6. The molecule has 4 aliphatic rings. The van der Waals surface area contributed by atoms with Crippen molar-refractivity contribution in [2.75, 3.05) is 45.8 Å². The van der Waals surface area contributed by atoms with E-state index in [0.717, 1.165) is 49.2 Å². The van der Waals surface area contributed by atoms with Crippen LogP contribution >= 0.6 is 0 Å². The van der Waals surface area contributed by atoms with Gasteiger partial charge in [-0.1, -0.05) is 24.3 Å². The number of benzene rings is 2. The van der Waals surface area contributed by atoms with Gasteiger partial charge in [0, 0.05) is 76.7 Å². The molecule has 4 saturated heterocycles. The van der Waals surface area contributed by atoms with Gasteiger partial charge in [-0.15, -0.1) is 0 Å². The molecule has 8 nitrogen and oxygen atoms in total. The number of halogens is 3. The second-order valence-electron chi connectivity index (χ2n) is 13.0. The van der Waals surface area contributed by atoms with Crippen LogP contribution < -0.4 is 0 Å². The molecule has 2 aromatic carbocycles. The van der Waals surface area contributed by atoms with Gasteiger partial charge >= 0.3 is 12.3 Å². The first-order valence-corrected chi connectivity index (χ1v) is 16.1. The van der Waals surface area contributed by atoms with Gasteiger partial charge in [0.05, 0.1) is 12.1 Å². The van der Waals surface area contributed by atoms with Crippen molar-refractivity contribution >= 4 is 17.9 Å². The Bertz CT molecular complexity index is 1360. The van der Waals surface area contributed by atoms with Crippen LogP contribution in [0.4, 0.5) is 18.0 Å². The van der Waals surface area contributed by atoms with E-state index in [4.69, 9.17) is 4.74 Å². The first-order chi connectivity index (χ1) is 21.6. The average molecular weight is 627 g/mol. The highest BCUT2D eigenvalue weighted by molar-refractivity contribution is 5.94. The molecule has 4 aliphatic heterocycles. The molecule has 3 amide bonds. The number of amides is 3. The van der Waals surface area contributed by atoms with Gasteiger partial charge in [-0.3, -0.25) is 19.4 Å². The van der Waals surface area contributed by atoms with Crippen LogP contribution in [-0.4, -0.2) is 88.9 Å². The van der Waals surface area contributed by atoms with Gasteiger partial charge in [0.2, 0.25) is 5.91 Å². The average Bonchev–Trinajstić information content (AvgIpc) is 3.35. The molecule has 45 heavy (non-hydrogen) atoms. The molecule has 0 bridgehead atoms. The molecule has 0 N–H and O–H groups in total.